The third-order valence-corrected chi connectivity index (χ3v) is 3.73. The van der Waals surface area contributed by atoms with E-state index >= 15 is 0 Å². The molecule has 1 saturated carbocycles. The van der Waals surface area contributed by atoms with Gasteiger partial charge in [0.25, 0.3) is 0 Å². The fraction of sp³-hybridized carbons (Fsp3) is 0.800. The Morgan fingerprint density at radius 2 is 1.92 bits per heavy atom. The highest BCUT2D eigenvalue weighted by Gasteiger charge is 2.63. The molecule has 72 valence electrons. The molecule has 0 unspecified atom stereocenters. The molecule has 1 aliphatic carbocycles. The number of ether oxygens (including phenoxy) is 1. The van der Waals surface area contributed by atoms with Crippen LogP contribution in [0.1, 0.15) is 27.2 Å². The third kappa shape index (κ3) is 0.847. The van der Waals surface area contributed by atoms with Crippen LogP contribution in [0.5, 0.6) is 0 Å². The topological polar surface area (TPSA) is 43.4 Å². The van der Waals surface area contributed by atoms with E-state index in [9.17, 15) is 9.59 Å². The molecule has 0 N–H and O–H groups in total. The predicted molar refractivity (Wildman–Crippen MR) is 46.0 cm³/mol. The fourth-order valence-corrected chi connectivity index (χ4v) is 2.61. The molecule has 1 aliphatic heterocycles. The molecule has 2 rings (SSSR count). The quantitative estimate of drug-likeness (QED) is 0.528. The molecule has 2 atom stereocenters. The minimum Gasteiger partial charge on any atom is -0.465 e. The Bertz CT molecular complexity index is 293. The number of hydrogen-bond donors (Lipinski definition) is 0. The van der Waals surface area contributed by atoms with E-state index in [-0.39, 0.29) is 23.1 Å². The van der Waals surface area contributed by atoms with Crippen LogP contribution in [0.25, 0.3) is 0 Å². The molecule has 0 bridgehead atoms. The van der Waals surface area contributed by atoms with Gasteiger partial charge in [0.05, 0.1) is 12.0 Å². The zero-order valence-electron chi connectivity index (χ0n) is 8.22. The molecule has 0 spiro atoms. The van der Waals surface area contributed by atoms with Crippen molar-refractivity contribution in [1.82, 2.24) is 0 Å². The number of carbonyl (C=O) groups is 2. The summed E-state index contributed by atoms with van der Waals surface area (Å²) >= 11 is 0. The summed E-state index contributed by atoms with van der Waals surface area (Å²) in [4.78, 5) is 23.1. The van der Waals surface area contributed by atoms with Gasteiger partial charge in [-0.25, -0.2) is 0 Å². The maximum absolute atomic E-state index is 11.7. The van der Waals surface area contributed by atoms with Gasteiger partial charge in [-0.15, -0.1) is 0 Å². The lowest BCUT2D eigenvalue weighted by Crippen LogP contribution is -2.31. The first kappa shape index (κ1) is 8.73. The SMILES string of the molecule is CC1(C)C(=O)C[C@]2(C)C(=O)OC[C@H]12. The molecule has 0 aromatic rings. The number of fused-ring (bicyclic) bond motifs is 1. The molecule has 3 nitrogen and oxygen atoms in total. The van der Waals surface area contributed by atoms with Crippen LogP contribution in [0.15, 0.2) is 0 Å². The smallest absolute Gasteiger partial charge is 0.312 e. The van der Waals surface area contributed by atoms with Crippen LogP contribution >= 0.6 is 0 Å². The normalized spacial score (nSPS) is 41.9. The van der Waals surface area contributed by atoms with Gasteiger partial charge in [0.1, 0.15) is 5.78 Å². The first-order valence-electron chi connectivity index (χ1n) is 4.59. The standard InChI is InChI=1S/C10H14O3/c1-9(2)6-5-13-8(12)10(6,3)4-7(9)11/h6H,4-5H2,1-3H3/t6-,10+/m1/s1. The van der Waals surface area contributed by atoms with Gasteiger partial charge in [-0.1, -0.05) is 13.8 Å². The van der Waals surface area contributed by atoms with Gasteiger partial charge in [0, 0.05) is 17.8 Å². The molecule has 2 aliphatic rings. The molecular weight excluding hydrogens is 168 g/mol. The Balaban J connectivity index is 2.45. The van der Waals surface area contributed by atoms with E-state index in [0.29, 0.717) is 13.0 Å². The highest BCUT2D eigenvalue weighted by Crippen LogP contribution is 2.55. The molecule has 0 radical (unpaired) electrons. The van der Waals surface area contributed by atoms with Crippen molar-refractivity contribution >= 4 is 11.8 Å². The Kier molecular flexibility index (Phi) is 1.44. The van der Waals surface area contributed by atoms with Crippen LogP contribution in [-0.2, 0) is 14.3 Å². The van der Waals surface area contributed by atoms with E-state index in [0.717, 1.165) is 0 Å². The fourth-order valence-electron chi connectivity index (χ4n) is 2.61. The van der Waals surface area contributed by atoms with Gasteiger partial charge >= 0.3 is 5.97 Å². The third-order valence-electron chi connectivity index (χ3n) is 3.73. The monoisotopic (exact) mass is 182 g/mol. The van der Waals surface area contributed by atoms with Crippen molar-refractivity contribution in [1.29, 1.82) is 0 Å². The van der Waals surface area contributed by atoms with Crippen molar-refractivity contribution in [2.24, 2.45) is 16.7 Å². The van der Waals surface area contributed by atoms with Crippen molar-refractivity contribution in [3.05, 3.63) is 0 Å². The molecule has 1 heterocycles. The van der Waals surface area contributed by atoms with E-state index in [1.807, 2.05) is 20.8 Å². The highest BCUT2D eigenvalue weighted by molar-refractivity contribution is 5.96. The summed E-state index contributed by atoms with van der Waals surface area (Å²) in [6.45, 7) is 6.08. The largest absolute Gasteiger partial charge is 0.465 e. The number of rotatable bonds is 0. The Morgan fingerprint density at radius 1 is 1.31 bits per heavy atom. The van der Waals surface area contributed by atoms with Crippen molar-refractivity contribution < 1.29 is 14.3 Å². The first-order chi connectivity index (χ1) is 5.89. The zero-order valence-corrected chi connectivity index (χ0v) is 8.22. The number of carbonyl (C=O) groups excluding carboxylic acids is 2. The van der Waals surface area contributed by atoms with Crippen LogP contribution in [0.2, 0.25) is 0 Å². The molecular formula is C10H14O3. The van der Waals surface area contributed by atoms with Crippen LogP contribution in [-0.4, -0.2) is 18.4 Å². The summed E-state index contributed by atoms with van der Waals surface area (Å²) in [5.74, 6) is 0.0630. The molecule has 1 saturated heterocycles. The molecule has 0 aromatic carbocycles. The minimum atomic E-state index is -0.541. The van der Waals surface area contributed by atoms with Crippen LogP contribution in [0.4, 0.5) is 0 Å². The van der Waals surface area contributed by atoms with Crippen LogP contribution < -0.4 is 0 Å². The lowest BCUT2D eigenvalue weighted by atomic mass is 9.73. The van der Waals surface area contributed by atoms with E-state index in [1.165, 1.54) is 0 Å². The molecule has 2 fully saturated rings. The van der Waals surface area contributed by atoms with Crippen molar-refractivity contribution in [3.8, 4) is 0 Å². The lowest BCUT2D eigenvalue weighted by molar-refractivity contribution is -0.146. The van der Waals surface area contributed by atoms with Gasteiger partial charge in [-0.2, -0.15) is 0 Å². The number of cyclic esters (lactones) is 1. The van der Waals surface area contributed by atoms with E-state index in [4.69, 9.17) is 4.74 Å². The molecule has 0 aromatic heterocycles. The van der Waals surface area contributed by atoms with Crippen molar-refractivity contribution in [2.75, 3.05) is 6.61 Å². The van der Waals surface area contributed by atoms with Crippen molar-refractivity contribution in [2.45, 2.75) is 27.2 Å². The summed E-state index contributed by atoms with van der Waals surface area (Å²) in [6.07, 6.45) is 0.351. The second kappa shape index (κ2) is 2.14. The number of Topliss-reactive ketones (excluding diaryl/α,β-unsaturated/α-hetero) is 1. The number of ketones is 1. The minimum absolute atomic E-state index is 0.0694. The van der Waals surface area contributed by atoms with Gasteiger partial charge < -0.3 is 4.74 Å². The second-order valence-electron chi connectivity index (χ2n) is 4.89. The average Bonchev–Trinajstić information content (AvgIpc) is 2.36. The second-order valence-corrected chi connectivity index (χ2v) is 4.89. The Labute approximate surface area is 77.4 Å². The maximum Gasteiger partial charge on any atom is 0.312 e. The Hall–Kier alpha value is -0.860. The summed E-state index contributed by atoms with van der Waals surface area (Å²) < 4.78 is 5.02. The molecule has 13 heavy (non-hydrogen) atoms. The number of esters is 1. The van der Waals surface area contributed by atoms with Crippen molar-refractivity contribution in [3.63, 3.8) is 0 Å². The summed E-state index contributed by atoms with van der Waals surface area (Å²) in [7, 11) is 0. The molecule has 3 heteroatoms. The van der Waals surface area contributed by atoms with Gasteiger partial charge in [0.2, 0.25) is 0 Å². The van der Waals surface area contributed by atoms with Gasteiger partial charge in [-0.05, 0) is 6.92 Å². The summed E-state index contributed by atoms with van der Waals surface area (Å²) in [6, 6.07) is 0. The van der Waals surface area contributed by atoms with E-state index in [1.54, 1.807) is 0 Å². The van der Waals surface area contributed by atoms with E-state index < -0.39 is 5.41 Å². The Morgan fingerprint density at radius 3 is 2.46 bits per heavy atom. The maximum atomic E-state index is 11.7. The summed E-state index contributed by atoms with van der Waals surface area (Å²) in [5, 5.41) is 0. The lowest BCUT2D eigenvalue weighted by Gasteiger charge is -2.25. The first-order valence-corrected chi connectivity index (χ1v) is 4.59. The van der Waals surface area contributed by atoms with Crippen LogP contribution in [0, 0.1) is 16.7 Å². The predicted octanol–water partition coefficient (Wildman–Crippen LogP) is 1.16. The highest BCUT2D eigenvalue weighted by atomic mass is 16.5. The summed E-state index contributed by atoms with van der Waals surface area (Å²) in [5.41, 5.74) is -0.929. The van der Waals surface area contributed by atoms with Gasteiger partial charge in [0.15, 0.2) is 0 Å². The molecule has 0 amide bonds. The number of hydrogen-bond acceptors (Lipinski definition) is 3. The zero-order chi connectivity index (χ0) is 9.85. The van der Waals surface area contributed by atoms with E-state index in [2.05, 4.69) is 0 Å². The van der Waals surface area contributed by atoms with Gasteiger partial charge in [-0.3, -0.25) is 9.59 Å². The van der Waals surface area contributed by atoms with Crippen LogP contribution in [0.3, 0.4) is 0 Å². The average molecular weight is 182 g/mol.